The van der Waals surface area contributed by atoms with Crippen LogP contribution in [-0.4, -0.2) is 12.6 Å². The molecule has 0 aliphatic carbocycles. The average Bonchev–Trinajstić information content (AvgIpc) is 2.44. The van der Waals surface area contributed by atoms with Gasteiger partial charge in [-0.3, -0.25) is 0 Å². The van der Waals surface area contributed by atoms with Gasteiger partial charge in [0.15, 0.2) is 0 Å². The molecule has 0 heterocycles. The van der Waals surface area contributed by atoms with Crippen LogP contribution in [-0.2, 0) is 16.0 Å². The lowest BCUT2D eigenvalue weighted by Gasteiger charge is -2.02. The molecule has 0 aromatic heterocycles. The Morgan fingerprint density at radius 2 is 1.95 bits per heavy atom. The molecule has 0 saturated carbocycles. The van der Waals surface area contributed by atoms with Crippen LogP contribution in [0.4, 0.5) is 0 Å². The Kier molecular flexibility index (Phi) is 4.73. The highest BCUT2D eigenvalue weighted by molar-refractivity contribution is 5.83. The van der Waals surface area contributed by atoms with E-state index in [4.69, 9.17) is 4.74 Å². The molecule has 0 fully saturated rings. The predicted molar refractivity (Wildman–Crippen MR) is 78.0 cm³/mol. The molecular formula is C17H18O2. The van der Waals surface area contributed by atoms with Gasteiger partial charge in [0.05, 0.1) is 6.61 Å². The topological polar surface area (TPSA) is 26.3 Å². The Morgan fingerprint density at radius 1 is 1.16 bits per heavy atom. The number of rotatable bonds is 5. The number of aryl methyl sites for hydroxylation is 1. The second-order valence-electron chi connectivity index (χ2n) is 4.37. The van der Waals surface area contributed by atoms with Crippen molar-refractivity contribution < 1.29 is 9.53 Å². The van der Waals surface area contributed by atoms with Crippen molar-refractivity contribution in [1.82, 2.24) is 0 Å². The fraction of sp³-hybridized carbons (Fsp3) is 0.235. The molecule has 98 valence electrons. The third kappa shape index (κ3) is 3.95. The third-order valence-electron chi connectivity index (χ3n) is 2.95. The minimum Gasteiger partial charge on any atom is -0.463 e. The first-order valence-corrected chi connectivity index (χ1v) is 6.60. The summed E-state index contributed by atoms with van der Waals surface area (Å²) in [6, 6.07) is 14.8. The molecule has 2 aromatic rings. The van der Waals surface area contributed by atoms with Crippen LogP contribution in [0.1, 0.15) is 18.9 Å². The van der Waals surface area contributed by atoms with Gasteiger partial charge in [-0.25, -0.2) is 4.79 Å². The summed E-state index contributed by atoms with van der Waals surface area (Å²) in [6.45, 7) is 2.23. The van der Waals surface area contributed by atoms with E-state index in [2.05, 4.69) is 30.3 Å². The van der Waals surface area contributed by atoms with Crippen LogP contribution >= 0.6 is 0 Å². The van der Waals surface area contributed by atoms with Gasteiger partial charge in [0.1, 0.15) is 0 Å². The standard InChI is InChI=1S/C17H18O2/c1-2-19-17(18)10-6-3-7-14-11-12-15-8-4-5-9-16(15)13-14/h4-6,8-13H,2-3,7H2,1H3. The molecule has 0 N–H and O–H groups in total. The van der Waals surface area contributed by atoms with E-state index in [9.17, 15) is 4.79 Å². The lowest BCUT2D eigenvalue weighted by molar-refractivity contribution is -0.137. The van der Waals surface area contributed by atoms with E-state index < -0.39 is 0 Å². The largest absolute Gasteiger partial charge is 0.463 e. The second kappa shape index (κ2) is 6.74. The maximum atomic E-state index is 11.1. The number of hydrogen-bond acceptors (Lipinski definition) is 2. The first-order valence-electron chi connectivity index (χ1n) is 6.60. The lowest BCUT2D eigenvalue weighted by atomic mass is 10.0. The van der Waals surface area contributed by atoms with Crippen LogP contribution in [0.5, 0.6) is 0 Å². The highest BCUT2D eigenvalue weighted by Crippen LogP contribution is 2.16. The Bertz CT molecular complexity index is 585. The summed E-state index contributed by atoms with van der Waals surface area (Å²) < 4.78 is 4.83. The van der Waals surface area contributed by atoms with E-state index in [1.54, 1.807) is 6.92 Å². The van der Waals surface area contributed by atoms with Gasteiger partial charge in [-0.15, -0.1) is 0 Å². The zero-order valence-electron chi connectivity index (χ0n) is 11.1. The molecule has 2 nitrogen and oxygen atoms in total. The zero-order valence-corrected chi connectivity index (χ0v) is 11.1. The number of allylic oxidation sites excluding steroid dienone is 1. The molecule has 0 saturated heterocycles. The summed E-state index contributed by atoms with van der Waals surface area (Å²) in [4.78, 5) is 11.1. The molecule has 0 unspecified atom stereocenters. The highest BCUT2D eigenvalue weighted by Gasteiger charge is 1.96. The fourth-order valence-corrected chi connectivity index (χ4v) is 2.01. The van der Waals surface area contributed by atoms with Gasteiger partial charge < -0.3 is 4.74 Å². The van der Waals surface area contributed by atoms with Crippen molar-refractivity contribution in [2.75, 3.05) is 6.61 Å². The van der Waals surface area contributed by atoms with Crippen molar-refractivity contribution in [3.8, 4) is 0 Å². The number of hydrogen-bond donors (Lipinski definition) is 0. The lowest BCUT2D eigenvalue weighted by Crippen LogP contribution is -1.98. The first-order chi connectivity index (χ1) is 9.29. The van der Waals surface area contributed by atoms with Crippen molar-refractivity contribution >= 4 is 16.7 Å². The second-order valence-corrected chi connectivity index (χ2v) is 4.37. The average molecular weight is 254 g/mol. The molecule has 2 heteroatoms. The highest BCUT2D eigenvalue weighted by atomic mass is 16.5. The van der Waals surface area contributed by atoms with E-state index in [-0.39, 0.29) is 5.97 Å². The van der Waals surface area contributed by atoms with E-state index in [1.807, 2.05) is 18.2 Å². The minimum absolute atomic E-state index is 0.263. The van der Waals surface area contributed by atoms with Crippen LogP contribution < -0.4 is 0 Å². The van der Waals surface area contributed by atoms with Crippen LogP contribution in [0, 0.1) is 0 Å². The van der Waals surface area contributed by atoms with Crippen LogP contribution in [0.25, 0.3) is 10.8 Å². The van der Waals surface area contributed by atoms with Crippen molar-refractivity contribution in [2.24, 2.45) is 0 Å². The summed E-state index contributed by atoms with van der Waals surface area (Å²) in [6.07, 6.45) is 5.15. The molecule has 0 spiro atoms. The first kappa shape index (κ1) is 13.3. The SMILES string of the molecule is CCOC(=O)C=CCCc1ccc2ccccc2c1. The third-order valence-corrected chi connectivity index (χ3v) is 2.95. The number of benzene rings is 2. The predicted octanol–water partition coefficient (Wildman–Crippen LogP) is 3.89. The van der Waals surface area contributed by atoms with Crippen LogP contribution in [0.3, 0.4) is 0 Å². The quantitative estimate of drug-likeness (QED) is 0.597. The Morgan fingerprint density at radius 3 is 2.74 bits per heavy atom. The summed E-state index contributed by atoms with van der Waals surface area (Å²) in [5, 5.41) is 2.52. The number of esters is 1. The maximum absolute atomic E-state index is 11.1. The van der Waals surface area contributed by atoms with Crippen molar-refractivity contribution in [2.45, 2.75) is 19.8 Å². The molecular weight excluding hydrogens is 236 g/mol. The van der Waals surface area contributed by atoms with Crippen LogP contribution in [0.2, 0.25) is 0 Å². The molecule has 0 amide bonds. The van der Waals surface area contributed by atoms with Crippen LogP contribution in [0.15, 0.2) is 54.6 Å². The van der Waals surface area contributed by atoms with Crippen molar-refractivity contribution in [3.63, 3.8) is 0 Å². The number of carbonyl (C=O) groups is 1. The monoisotopic (exact) mass is 254 g/mol. The van der Waals surface area contributed by atoms with Gasteiger partial charge in [0, 0.05) is 6.08 Å². The van der Waals surface area contributed by atoms with E-state index in [1.165, 1.54) is 22.4 Å². The number of carbonyl (C=O) groups excluding carboxylic acids is 1. The fourth-order valence-electron chi connectivity index (χ4n) is 2.01. The summed E-state index contributed by atoms with van der Waals surface area (Å²) in [5.74, 6) is -0.263. The van der Waals surface area contributed by atoms with E-state index in [0.29, 0.717) is 6.61 Å². The number of ether oxygens (including phenoxy) is 1. The van der Waals surface area contributed by atoms with Gasteiger partial charge in [-0.2, -0.15) is 0 Å². The Hall–Kier alpha value is -2.09. The van der Waals surface area contributed by atoms with Gasteiger partial charge >= 0.3 is 5.97 Å². The molecule has 0 atom stereocenters. The Balaban J connectivity index is 1.93. The molecule has 0 bridgehead atoms. The molecule has 0 radical (unpaired) electrons. The van der Waals surface area contributed by atoms with Gasteiger partial charge in [-0.05, 0) is 36.1 Å². The van der Waals surface area contributed by atoms with Gasteiger partial charge in [0.2, 0.25) is 0 Å². The van der Waals surface area contributed by atoms with Crippen molar-refractivity contribution in [3.05, 3.63) is 60.2 Å². The van der Waals surface area contributed by atoms with Gasteiger partial charge in [0.25, 0.3) is 0 Å². The zero-order chi connectivity index (χ0) is 13.5. The summed E-state index contributed by atoms with van der Waals surface area (Å²) in [7, 11) is 0. The maximum Gasteiger partial charge on any atom is 0.330 e. The molecule has 2 aromatic carbocycles. The van der Waals surface area contributed by atoms with E-state index >= 15 is 0 Å². The summed E-state index contributed by atoms with van der Waals surface area (Å²) in [5.41, 5.74) is 1.28. The number of fused-ring (bicyclic) bond motifs is 1. The normalized spacial score (nSPS) is 11.0. The minimum atomic E-state index is -0.263. The summed E-state index contributed by atoms with van der Waals surface area (Å²) >= 11 is 0. The molecule has 2 rings (SSSR count). The van der Waals surface area contributed by atoms with Crippen molar-refractivity contribution in [1.29, 1.82) is 0 Å². The smallest absolute Gasteiger partial charge is 0.330 e. The van der Waals surface area contributed by atoms with Gasteiger partial charge in [-0.1, -0.05) is 48.5 Å². The van der Waals surface area contributed by atoms with E-state index in [0.717, 1.165) is 12.8 Å². The Labute approximate surface area is 113 Å². The molecule has 0 aliphatic rings. The molecule has 19 heavy (non-hydrogen) atoms. The molecule has 0 aliphatic heterocycles.